The summed E-state index contributed by atoms with van der Waals surface area (Å²) in [6, 6.07) is -0.157. The molecule has 1 aromatic rings. The van der Waals surface area contributed by atoms with E-state index in [9.17, 15) is 23.4 Å². The number of rotatable bonds is 2. The normalized spacial score (nSPS) is 29.7. The Morgan fingerprint density at radius 2 is 2.10 bits per heavy atom. The van der Waals surface area contributed by atoms with Crippen molar-refractivity contribution in [1.29, 1.82) is 0 Å². The van der Waals surface area contributed by atoms with Crippen molar-refractivity contribution in [2.75, 3.05) is 11.9 Å². The molecule has 3 N–H and O–H groups in total. The van der Waals surface area contributed by atoms with Gasteiger partial charge in [-0.05, 0) is 6.07 Å². The zero-order valence-corrected chi connectivity index (χ0v) is 10.6. The summed E-state index contributed by atoms with van der Waals surface area (Å²) in [5, 5.41) is 22.0. The number of terminal acetylenes is 1. The SMILES string of the molecule is C#C[C@H]1OC[C@H](Nc2nccc(C(F)(F)F)n2)[C@@H](O)[C@H]1O. The highest BCUT2D eigenvalue weighted by Gasteiger charge is 2.38. The Morgan fingerprint density at radius 1 is 1.38 bits per heavy atom. The van der Waals surface area contributed by atoms with Gasteiger partial charge in [-0.1, -0.05) is 5.92 Å². The fraction of sp³-hybridized carbons (Fsp3) is 0.500. The van der Waals surface area contributed by atoms with Crippen LogP contribution in [-0.4, -0.2) is 51.1 Å². The maximum Gasteiger partial charge on any atom is 0.433 e. The summed E-state index contributed by atoms with van der Waals surface area (Å²) < 4.78 is 42.7. The van der Waals surface area contributed by atoms with Crippen molar-refractivity contribution < 1.29 is 28.1 Å². The molecule has 0 radical (unpaired) electrons. The Kier molecular flexibility index (Phi) is 4.32. The number of aliphatic hydroxyl groups is 2. The van der Waals surface area contributed by atoms with E-state index in [2.05, 4.69) is 21.2 Å². The van der Waals surface area contributed by atoms with E-state index in [-0.39, 0.29) is 12.6 Å². The van der Waals surface area contributed by atoms with E-state index in [4.69, 9.17) is 11.2 Å². The molecule has 1 aliphatic heterocycles. The van der Waals surface area contributed by atoms with Gasteiger partial charge in [0.05, 0.1) is 12.6 Å². The molecule has 4 atom stereocenters. The van der Waals surface area contributed by atoms with Gasteiger partial charge in [0.25, 0.3) is 0 Å². The van der Waals surface area contributed by atoms with Gasteiger partial charge in [0, 0.05) is 6.20 Å². The Bertz CT molecular complexity index is 547. The highest BCUT2D eigenvalue weighted by molar-refractivity contribution is 5.29. The Balaban J connectivity index is 2.11. The highest BCUT2D eigenvalue weighted by atomic mass is 19.4. The van der Waals surface area contributed by atoms with Crippen molar-refractivity contribution >= 4 is 5.95 Å². The van der Waals surface area contributed by atoms with Gasteiger partial charge < -0.3 is 20.3 Å². The van der Waals surface area contributed by atoms with Gasteiger partial charge >= 0.3 is 6.18 Å². The van der Waals surface area contributed by atoms with Crippen LogP contribution in [0.5, 0.6) is 0 Å². The summed E-state index contributed by atoms with van der Waals surface area (Å²) in [6.45, 7) is -0.104. The van der Waals surface area contributed by atoms with Gasteiger partial charge in [-0.25, -0.2) is 9.97 Å². The fourth-order valence-corrected chi connectivity index (χ4v) is 1.85. The molecule has 114 valence electrons. The molecule has 0 bridgehead atoms. The fourth-order valence-electron chi connectivity index (χ4n) is 1.85. The average Bonchev–Trinajstić information content (AvgIpc) is 2.44. The lowest BCUT2D eigenvalue weighted by Gasteiger charge is -2.35. The molecular weight excluding hydrogens is 291 g/mol. The summed E-state index contributed by atoms with van der Waals surface area (Å²) >= 11 is 0. The third-order valence-electron chi connectivity index (χ3n) is 2.95. The van der Waals surface area contributed by atoms with E-state index in [1.165, 1.54) is 0 Å². The van der Waals surface area contributed by atoms with Crippen LogP contribution in [0.3, 0.4) is 0 Å². The van der Waals surface area contributed by atoms with Gasteiger partial charge in [0.1, 0.15) is 24.0 Å². The number of alkyl halides is 3. The lowest BCUT2D eigenvalue weighted by Crippen LogP contribution is -2.55. The number of halogens is 3. The van der Waals surface area contributed by atoms with Gasteiger partial charge in [-0.15, -0.1) is 6.42 Å². The van der Waals surface area contributed by atoms with E-state index < -0.39 is 36.2 Å². The standard InChI is InChI=1S/C12H12F3N3O3/c1-2-7-10(20)9(19)6(5-21-7)17-11-16-4-3-8(18-11)12(13,14)15/h1,3-4,6-7,9-10,19-20H,5H2,(H,16,17,18)/t6-,7+,9+,10-/m0/s1. The molecule has 0 amide bonds. The second-order valence-corrected chi connectivity index (χ2v) is 4.42. The molecule has 1 fully saturated rings. The molecule has 1 saturated heterocycles. The molecule has 2 rings (SSSR count). The van der Waals surface area contributed by atoms with Crippen LogP contribution in [0.2, 0.25) is 0 Å². The van der Waals surface area contributed by atoms with Crippen molar-refractivity contribution in [3.05, 3.63) is 18.0 Å². The van der Waals surface area contributed by atoms with E-state index in [1.54, 1.807) is 0 Å². The molecule has 0 aromatic carbocycles. The van der Waals surface area contributed by atoms with E-state index in [0.717, 1.165) is 12.3 Å². The molecule has 1 aliphatic rings. The summed E-state index contributed by atoms with van der Waals surface area (Å²) in [6.07, 6.45) is -2.20. The van der Waals surface area contributed by atoms with E-state index in [1.807, 2.05) is 0 Å². The molecule has 0 saturated carbocycles. The predicted octanol–water partition coefficient (Wildman–Crippen LogP) is 0.0297. The number of hydrogen-bond acceptors (Lipinski definition) is 6. The van der Waals surface area contributed by atoms with Crippen LogP contribution in [0.25, 0.3) is 0 Å². The monoisotopic (exact) mass is 303 g/mol. The molecule has 6 nitrogen and oxygen atoms in total. The topological polar surface area (TPSA) is 87.5 Å². The number of aromatic nitrogens is 2. The summed E-state index contributed by atoms with van der Waals surface area (Å²) in [5.74, 6) is 1.83. The quantitative estimate of drug-likeness (QED) is 0.668. The predicted molar refractivity (Wildman–Crippen MR) is 65.0 cm³/mol. The van der Waals surface area contributed by atoms with Crippen LogP contribution in [0.1, 0.15) is 5.69 Å². The second-order valence-electron chi connectivity index (χ2n) is 4.42. The molecule has 0 aliphatic carbocycles. The first-order valence-corrected chi connectivity index (χ1v) is 5.93. The van der Waals surface area contributed by atoms with Crippen LogP contribution in [0.4, 0.5) is 19.1 Å². The lowest BCUT2D eigenvalue weighted by atomic mass is 9.98. The van der Waals surface area contributed by atoms with Crippen LogP contribution >= 0.6 is 0 Å². The summed E-state index contributed by atoms with van der Waals surface area (Å²) in [4.78, 5) is 6.94. The van der Waals surface area contributed by atoms with Crippen molar-refractivity contribution in [2.45, 2.75) is 30.5 Å². The highest BCUT2D eigenvalue weighted by Crippen LogP contribution is 2.28. The number of anilines is 1. The molecule has 9 heteroatoms. The number of aliphatic hydroxyl groups excluding tert-OH is 2. The summed E-state index contributed by atoms with van der Waals surface area (Å²) in [5.41, 5.74) is -1.12. The van der Waals surface area contributed by atoms with Crippen molar-refractivity contribution in [1.82, 2.24) is 9.97 Å². The number of ether oxygens (including phenoxy) is 1. The first-order valence-electron chi connectivity index (χ1n) is 5.93. The summed E-state index contributed by atoms with van der Waals surface area (Å²) in [7, 11) is 0. The first-order chi connectivity index (χ1) is 9.82. The minimum Gasteiger partial charge on any atom is -0.388 e. The van der Waals surface area contributed by atoms with Crippen molar-refractivity contribution in [3.8, 4) is 12.3 Å². The van der Waals surface area contributed by atoms with Crippen LogP contribution < -0.4 is 5.32 Å². The number of nitrogens with zero attached hydrogens (tertiary/aromatic N) is 2. The number of nitrogens with one attached hydrogen (secondary N) is 1. The van der Waals surface area contributed by atoms with Crippen LogP contribution in [0, 0.1) is 12.3 Å². The number of hydrogen-bond donors (Lipinski definition) is 3. The van der Waals surface area contributed by atoms with Gasteiger partial charge in [-0.2, -0.15) is 13.2 Å². The van der Waals surface area contributed by atoms with Gasteiger partial charge in [-0.3, -0.25) is 0 Å². The molecule has 21 heavy (non-hydrogen) atoms. The zero-order chi connectivity index (χ0) is 15.6. The second kappa shape index (κ2) is 5.85. The minimum absolute atomic E-state index is 0.104. The van der Waals surface area contributed by atoms with Gasteiger partial charge in [0.15, 0.2) is 0 Å². The molecule has 0 spiro atoms. The Hall–Kier alpha value is -1.89. The largest absolute Gasteiger partial charge is 0.433 e. The van der Waals surface area contributed by atoms with Crippen molar-refractivity contribution in [3.63, 3.8) is 0 Å². The molecule has 0 unspecified atom stereocenters. The van der Waals surface area contributed by atoms with Crippen LogP contribution in [0.15, 0.2) is 12.3 Å². The third kappa shape index (κ3) is 3.41. The van der Waals surface area contributed by atoms with Crippen LogP contribution in [-0.2, 0) is 10.9 Å². The minimum atomic E-state index is -4.60. The van der Waals surface area contributed by atoms with E-state index >= 15 is 0 Å². The van der Waals surface area contributed by atoms with Crippen molar-refractivity contribution in [2.24, 2.45) is 0 Å². The molecular formula is C12H12F3N3O3. The lowest BCUT2D eigenvalue weighted by molar-refractivity contribution is -0.141. The Morgan fingerprint density at radius 3 is 2.71 bits per heavy atom. The molecule has 1 aromatic heterocycles. The average molecular weight is 303 g/mol. The zero-order valence-electron chi connectivity index (χ0n) is 10.6. The smallest absolute Gasteiger partial charge is 0.388 e. The van der Waals surface area contributed by atoms with E-state index in [0.29, 0.717) is 0 Å². The first kappa shape index (κ1) is 15.5. The van der Waals surface area contributed by atoms with Gasteiger partial charge in [0.2, 0.25) is 5.95 Å². The Labute approximate surface area is 118 Å². The third-order valence-corrected chi connectivity index (χ3v) is 2.95. The molecule has 2 heterocycles. The maximum atomic E-state index is 12.5. The maximum absolute atomic E-state index is 12.5.